The molecule has 1 fully saturated rings. The summed E-state index contributed by atoms with van der Waals surface area (Å²) in [4.78, 5) is 14.1. The van der Waals surface area contributed by atoms with Gasteiger partial charge in [-0.1, -0.05) is 23.9 Å². The molecule has 1 amide bonds. The molecule has 1 N–H and O–H groups in total. The molecule has 26 heavy (non-hydrogen) atoms. The van der Waals surface area contributed by atoms with Crippen molar-refractivity contribution < 1.29 is 9.53 Å². The van der Waals surface area contributed by atoms with Crippen LogP contribution in [0.3, 0.4) is 0 Å². The molecule has 1 aliphatic heterocycles. The minimum absolute atomic E-state index is 0.0551. The number of nitrogens with zero attached hydrogens (tertiary/aromatic N) is 4. The third-order valence-electron chi connectivity index (χ3n) is 4.66. The first-order valence-electron chi connectivity index (χ1n) is 8.72. The predicted molar refractivity (Wildman–Crippen MR) is 98.8 cm³/mol. The molecular weight excluding hydrogens is 330 g/mol. The fourth-order valence-electron chi connectivity index (χ4n) is 3.44. The molecule has 1 saturated heterocycles. The smallest absolute Gasteiger partial charge is 0.243 e. The molecule has 1 aromatic heterocycles. The third-order valence-corrected chi connectivity index (χ3v) is 4.66. The average molecular weight is 355 g/mol. The van der Waals surface area contributed by atoms with E-state index in [0.717, 1.165) is 37.5 Å². The van der Waals surface area contributed by atoms with E-state index in [9.17, 15) is 4.79 Å². The van der Waals surface area contributed by atoms with E-state index in [1.807, 2.05) is 25.4 Å². The highest BCUT2D eigenvalue weighted by atomic mass is 16.5. The van der Waals surface area contributed by atoms with Crippen molar-refractivity contribution in [3.05, 3.63) is 54.4 Å². The fourth-order valence-corrected chi connectivity index (χ4v) is 3.44. The van der Waals surface area contributed by atoms with Gasteiger partial charge in [0.2, 0.25) is 5.91 Å². The van der Waals surface area contributed by atoms with Crippen LogP contribution in [0.4, 0.5) is 0 Å². The molecule has 0 radical (unpaired) electrons. The van der Waals surface area contributed by atoms with Crippen molar-refractivity contribution in [2.75, 3.05) is 20.2 Å². The van der Waals surface area contributed by atoms with Crippen molar-refractivity contribution in [1.82, 2.24) is 25.2 Å². The van der Waals surface area contributed by atoms with E-state index >= 15 is 0 Å². The van der Waals surface area contributed by atoms with Gasteiger partial charge in [0.1, 0.15) is 5.75 Å². The number of hydrogen-bond acceptors (Lipinski definition) is 5. The number of aryl methyl sites for hydroxylation is 1. The molecule has 0 bridgehead atoms. The Morgan fingerprint density at radius 1 is 1.38 bits per heavy atom. The SMILES string of the molecule is C=CC(=O)N[C@H]1C[C@@H](c2cn(C)nn2)CN(Cc2ccc(OC)cc2)C1. The van der Waals surface area contributed by atoms with E-state index in [-0.39, 0.29) is 17.9 Å². The number of amides is 1. The van der Waals surface area contributed by atoms with E-state index in [1.54, 1.807) is 11.8 Å². The maximum Gasteiger partial charge on any atom is 0.243 e. The zero-order valence-electron chi connectivity index (χ0n) is 15.3. The highest BCUT2D eigenvalue weighted by Gasteiger charge is 2.30. The second-order valence-corrected chi connectivity index (χ2v) is 6.70. The summed E-state index contributed by atoms with van der Waals surface area (Å²) in [7, 11) is 3.53. The number of aromatic nitrogens is 3. The molecule has 2 aromatic rings. The summed E-state index contributed by atoms with van der Waals surface area (Å²) < 4.78 is 6.94. The van der Waals surface area contributed by atoms with Gasteiger partial charge in [-0.2, -0.15) is 0 Å². The van der Waals surface area contributed by atoms with Crippen LogP contribution in [0, 0.1) is 0 Å². The van der Waals surface area contributed by atoms with E-state index in [1.165, 1.54) is 11.6 Å². The highest BCUT2D eigenvalue weighted by molar-refractivity contribution is 5.87. The molecule has 7 nitrogen and oxygen atoms in total. The van der Waals surface area contributed by atoms with Crippen molar-refractivity contribution in [2.24, 2.45) is 7.05 Å². The van der Waals surface area contributed by atoms with E-state index in [4.69, 9.17) is 4.74 Å². The zero-order chi connectivity index (χ0) is 18.5. The summed E-state index contributed by atoms with van der Waals surface area (Å²) in [6.45, 7) is 6.03. The molecule has 0 spiro atoms. The lowest BCUT2D eigenvalue weighted by atomic mass is 9.91. The molecule has 0 unspecified atom stereocenters. The van der Waals surface area contributed by atoms with Crippen molar-refractivity contribution >= 4 is 5.91 Å². The second kappa shape index (κ2) is 8.14. The maximum absolute atomic E-state index is 11.8. The van der Waals surface area contributed by atoms with Crippen LogP contribution in [0.5, 0.6) is 5.75 Å². The van der Waals surface area contributed by atoms with E-state index in [0.29, 0.717) is 0 Å². The van der Waals surface area contributed by atoms with Gasteiger partial charge in [0.25, 0.3) is 0 Å². The number of piperidine rings is 1. The molecule has 1 aromatic carbocycles. The summed E-state index contributed by atoms with van der Waals surface area (Å²) in [5.74, 6) is 0.936. The normalized spacial score (nSPS) is 20.5. The number of rotatable bonds is 6. The molecule has 0 aliphatic carbocycles. The Kier molecular flexibility index (Phi) is 5.68. The first-order valence-corrected chi connectivity index (χ1v) is 8.72. The Labute approximate surface area is 153 Å². The molecule has 1 aliphatic rings. The van der Waals surface area contributed by atoms with E-state index < -0.39 is 0 Å². The van der Waals surface area contributed by atoms with Crippen molar-refractivity contribution in [2.45, 2.75) is 24.9 Å². The fraction of sp³-hybridized carbons (Fsp3) is 0.421. The van der Waals surface area contributed by atoms with Crippen molar-refractivity contribution in [1.29, 1.82) is 0 Å². The topological polar surface area (TPSA) is 72.3 Å². The Balaban J connectivity index is 1.73. The van der Waals surface area contributed by atoms with Gasteiger partial charge >= 0.3 is 0 Å². The number of nitrogens with one attached hydrogen (secondary N) is 1. The lowest BCUT2D eigenvalue weighted by Crippen LogP contribution is -2.49. The predicted octanol–water partition coefficient (Wildman–Crippen LogP) is 1.48. The summed E-state index contributed by atoms with van der Waals surface area (Å²) in [6.07, 6.45) is 4.12. The van der Waals surface area contributed by atoms with Gasteiger partial charge in [-0.25, -0.2) is 0 Å². The van der Waals surface area contributed by atoms with Crippen molar-refractivity contribution in [3.8, 4) is 5.75 Å². The number of ether oxygens (including phenoxy) is 1. The van der Waals surface area contributed by atoms with E-state index in [2.05, 4.69) is 39.2 Å². The van der Waals surface area contributed by atoms with Crippen LogP contribution in [0.2, 0.25) is 0 Å². The standard InChI is InChI=1S/C19H25N5O2/c1-4-19(25)20-16-9-15(18-13-23(2)22-21-18)11-24(12-16)10-14-5-7-17(26-3)8-6-14/h4-8,13,15-16H,1,9-12H2,2-3H3,(H,20,25)/t15-,16+/m1/s1. The maximum atomic E-state index is 11.8. The number of carbonyl (C=O) groups excluding carboxylic acids is 1. The number of hydrogen-bond donors (Lipinski definition) is 1. The second-order valence-electron chi connectivity index (χ2n) is 6.70. The molecule has 3 rings (SSSR count). The number of methoxy groups -OCH3 is 1. The lowest BCUT2D eigenvalue weighted by Gasteiger charge is -2.37. The van der Waals surface area contributed by atoms with Gasteiger partial charge in [0.15, 0.2) is 0 Å². The van der Waals surface area contributed by atoms with Crippen LogP contribution in [-0.4, -0.2) is 52.0 Å². The van der Waals surface area contributed by atoms with Crippen molar-refractivity contribution in [3.63, 3.8) is 0 Å². The molecule has 7 heteroatoms. The summed E-state index contributed by atoms with van der Waals surface area (Å²) in [6, 6.07) is 8.14. The van der Waals surface area contributed by atoms with Gasteiger partial charge in [0.05, 0.1) is 12.8 Å². The first kappa shape index (κ1) is 18.1. The van der Waals surface area contributed by atoms with Gasteiger partial charge in [-0.05, 0) is 30.2 Å². The minimum atomic E-state index is -0.140. The van der Waals surface area contributed by atoms with Crippen LogP contribution in [-0.2, 0) is 18.4 Å². The molecule has 138 valence electrons. The van der Waals surface area contributed by atoms with Crippen LogP contribution >= 0.6 is 0 Å². The molecular formula is C19H25N5O2. The summed E-state index contributed by atoms with van der Waals surface area (Å²) in [5.41, 5.74) is 2.17. The monoisotopic (exact) mass is 355 g/mol. The Hall–Kier alpha value is -2.67. The largest absolute Gasteiger partial charge is 0.497 e. The quantitative estimate of drug-likeness (QED) is 0.795. The zero-order valence-corrected chi connectivity index (χ0v) is 15.3. The van der Waals surface area contributed by atoms with Crippen LogP contribution in [0.25, 0.3) is 0 Å². The third kappa shape index (κ3) is 4.49. The average Bonchev–Trinajstić information content (AvgIpc) is 3.08. The number of carbonyl (C=O) groups is 1. The Morgan fingerprint density at radius 2 is 2.15 bits per heavy atom. The summed E-state index contributed by atoms with van der Waals surface area (Å²) >= 11 is 0. The summed E-state index contributed by atoms with van der Waals surface area (Å²) in [5, 5.41) is 11.4. The molecule has 2 heterocycles. The van der Waals surface area contributed by atoms with Gasteiger partial charge in [-0.3, -0.25) is 14.4 Å². The van der Waals surface area contributed by atoms with Crippen LogP contribution in [0.1, 0.15) is 23.6 Å². The lowest BCUT2D eigenvalue weighted by molar-refractivity contribution is -0.117. The molecule has 0 saturated carbocycles. The molecule has 2 atom stereocenters. The van der Waals surface area contributed by atoms with Crippen LogP contribution < -0.4 is 10.1 Å². The Bertz CT molecular complexity index is 756. The van der Waals surface area contributed by atoms with Gasteiger partial charge in [-0.15, -0.1) is 5.10 Å². The first-order chi connectivity index (χ1) is 12.6. The number of benzene rings is 1. The van der Waals surface area contributed by atoms with Crippen LogP contribution in [0.15, 0.2) is 43.1 Å². The van der Waals surface area contributed by atoms with Gasteiger partial charge < -0.3 is 10.1 Å². The number of likely N-dealkylation sites (tertiary alicyclic amines) is 1. The minimum Gasteiger partial charge on any atom is -0.497 e. The van der Waals surface area contributed by atoms with Gasteiger partial charge in [0, 0.05) is 44.8 Å². The Morgan fingerprint density at radius 3 is 2.77 bits per heavy atom. The highest BCUT2D eigenvalue weighted by Crippen LogP contribution is 2.27.